The monoisotopic (exact) mass is 236 g/mol. The average molecular weight is 236 g/mol. The van der Waals surface area contributed by atoms with Gasteiger partial charge in [0, 0.05) is 6.20 Å². The summed E-state index contributed by atoms with van der Waals surface area (Å²) in [5, 5.41) is 4.48. The fraction of sp³-hybridized carbons (Fsp3) is 0. The lowest BCUT2D eigenvalue weighted by Gasteiger charge is -1.99. The van der Waals surface area contributed by atoms with Crippen LogP contribution in [0.2, 0.25) is 0 Å². The van der Waals surface area contributed by atoms with Gasteiger partial charge in [-0.25, -0.2) is 4.68 Å². The second-order valence-corrected chi connectivity index (χ2v) is 3.93. The van der Waals surface area contributed by atoms with Crippen molar-refractivity contribution in [2.24, 2.45) is 0 Å². The highest BCUT2D eigenvalue weighted by Crippen LogP contribution is 2.23. The summed E-state index contributed by atoms with van der Waals surface area (Å²) >= 11 is 0. The van der Waals surface area contributed by atoms with Gasteiger partial charge in [-0.15, -0.1) is 0 Å². The van der Waals surface area contributed by atoms with Crippen LogP contribution in [0.5, 0.6) is 0 Å². The molecule has 0 atom stereocenters. The Morgan fingerprint density at radius 1 is 0.944 bits per heavy atom. The molecule has 0 saturated heterocycles. The van der Waals surface area contributed by atoms with Gasteiger partial charge in [-0.1, -0.05) is 24.3 Å². The molecule has 88 valence electrons. The molecule has 4 heteroatoms. The van der Waals surface area contributed by atoms with Crippen LogP contribution in [-0.2, 0) is 0 Å². The Balaban J connectivity index is 2.07. The minimum Gasteiger partial charge on any atom is -0.396 e. The smallest absolute Gasteiger partial charge is 0.134 e. The molecule has 0 aliphatic carbocycles. The van der Waals surface area contributed by atoms with E-state index in [0.29, 0.717) is 11.4 Å². The van der Waals surface area contributed by atoms with Gasteiger partial charge >= 0.3 is 0 Å². The fourth-order valence-corrected chi connectivity index (χ4v) is 1.80. The molecule has 2 aromatic heterocycles. The first-order valence-electron chi connectivity index (χ1n) is 5.66. The summed E-state index contributed by atoms with van der Waals surface area (Å²) in [7, 11) is 0. The molecule has 0 amide bonds. The first-order chi connectivity index (χ1) is 8.84. The highest BCUT2D eigenvalue weighted by atomic mass is 15.3. The van der Waals surface area contributed by atoms with Gasteiger partial charge in [0.25, 0.3) is 0 Å². The Labute approximate surface area is 105 Å². The summed E-state index contributed by atoms with van der Waals surface area (Å²) in [6, 6.07) is 15.5. The number of benzene rings is 1. The van der Waals surface area contributed by atoms with Gasteiger partial charge in [0.1, 0.15) is 5.69 Å². The molecule has 1 aromatic carbocycles. The first-order valence-corrected chi connectivity index (χ1v) is 5.66. The second-order valence-electron chi connectivity index (χ2n) is 3.93. The first kappa shape index (κ1) is 10.5. The molecule has 0 saturated carbocycles. The lowest BCUT2D eigenvalue weighted by molar-refractivity contribution is 0.882. The van der Waals surface area contributed by atoms with Gasteiger partial charge in [0.05, 0.1) is 23.3 Å². The van der Waals surface area contributed by atoms with Crippen molar-refractivity contribution in [3.05, 3.63) is 60.9 Å². The van der Waals surface area contributed by atoms with Crippen molar-refractivity contribution in [1.29, 1.82) is 0 Å². The van der Waals surface area contributed by atoms with Crippen LogP contribution in [0.3, 0.4) is 0 Å². The largest absolute Gasteiger partial charge is 0.396 e. The number of nitrogens with zero attached hydrogens (tertiary/aromatic N) is 3. The quantitative estimate of drug-likeness (QED) is 0.743. The molecule has 0 aliphatic heterocycles. The minimum atomic E-state index is 0.623. The molecule has 3 aromatic rings. The molecule has 0 aliphatic rings. The second kappa shape index (κ2) is 4.33. The summed E-state index contributed by atoms with van der Waals surface area (Å²) in [6.07, 6.45) is 3.54. The van der Waals surface area contributed by atoms with Crippen LogP contribution in [0.25, 0.3) is 17.1 Å². The van der Waals surface area contributed by atoms with Crippen molar-refractivity contribution in [1.82, 2.24) is 14.8 Å². The van der Waals surface area contributed by atoms with Gasteiger partial charge in [0.2, 0.25) is 0 Å². The van der Waals surface area contributed by atoms with Crippen LogP contribution in [0.15, 0.2) is 60.9 Å². The molecule has 18 heavy (non-hydrogen) atoms. The summed E-state index contributed by atoms with van der Waals surface area (Å²) in [4.78, 5) is 4.26. The molecule has 0 bridgehead atoms. The van der Waals surface area contributed by atoms with Crippen LogP contribution >= 0.6 is 0 Å². The van der Waals surface area contributed by atoms with Crippen molar-refractivity contribution in [3.63, 3.8) is 0 Å². The van der Waals surface area contributed by atoms with Crippen LogP contribution < -0.4 is 5.73 Å². The lowest BCUT2D eigenvalue weighted by Crippen LogP contribution is -1.94. The fourth-order valence-electron chi connectivity index (χ4n) is 1.80. The number of hydrogen-bond acceptors (Lipinski definition) is 3. The zero-order chi connectivity index (χ0) is 12.4. The third-order valence-electron chi connectivity index (χ3n) is 2.67. The van der Waals surface area contributed by atoms with E-state index in [1.807, 2.05) is 48.5 Å². The number of nitrogens with two attached hydrogens (primary N) is 1. The van der Waals surface area contributed by atoms with Crippen LogP contribution in [0, 0.1) is 0 Å². The summed E-state index contributed by atoms with van der Waals surface area (Å²) in [5.41, 5.74) is 9.08. The van der Waals surface area contributed by atoms with Crippen molar-refractivity contribution in [2.45, 2.75) is 0 Å². The molecule has 3 rings (SSSR count). The van der Waals surface area contributed by atoms with E-state index in [2.05, 4.69) is 10.1 Å². The van der Waals surface area contributed by atoms with E-state index >= 15 is 0 Å². The van der Waals surface area contributed by atoms with Gasteiger partial charge in [-0.05, 0) is 24.3 Å². The molecule has 0 radical (unpaired) electrons. The predicted molar refractivity (Wildman–Crippen MR) is 71.2 cm³/mol. The van der Waals surface area contributed by atoms with Gasteiger partial charge in [0.15, 0.2) is 0 Å². The van der Waals surface area contributed by atoms with Crippen molar-refractivity contribution < 1.29 is 0 Å². The Morgan fingerprint density at radius 2 is 1.72 bits per heavy atom. The molecular weight excluding hydrogens is 224 g/mol. The summed E-state index contributed by atoms with van der Waals surface area (Å²) in [5.74, 6) is 0. The van der Waals surface area contributed by atoms with E-state index in [-0.39, 0.29) is 0 Å². The van der Waals surface area contributed by atoms with E-state index in [1.165, 1.54) is 0 Å². The molecule has 2 N–H and O–H groups in total. The van der Waals surface area contributed by atoms with E-state index < -0.39 is 0 Å². The Kier molecular flexibility index (Phi) is 2.53. The zero-order valence-electron chi connectivity index (χ0n) is 9.69. The topological polar surface area (TPSA) is 56.7 Å². The highest BCUT2D eigenvalue weighted by Gasteiger charge is 2.09. The maximum atomic E-state index is 5.99. The molecule has 0 unspecified atom stereocenters. The highest BCUT2D eigenvalue weighted by molar-refractivity contribution is 5.69. The number of nitrogen functional groups attached to an aromatic ring is 1. The van der Waals surface area contributed by atoms with Gasteiger partial charge < -0.3 is 5.73 Å². The molecule has 0 fully saturated rings. The third-order valence-corrected chi connectivity index (χ3v) is 2.67. The number of para-hydroxylation sites is 1. The van der Waals surface area contributed by atoms with E-state index in [9.17, 15) is 0 Å². The number of rotatable bonds is 2. The SMILES string of the molecule is Nc1cn(-c2ccccc2)nc1-c1ccccn1. The van der Waals surface area contributed by atoms with E-state index in [4.69, 9.17) is 5.73 Å². The van der Waals surface area contributed by atoms with Crippen LogP contribution in [0.1, 0.15) is 0 Å². The van der Waals surface area contributed by atoms with Crippen molar-refractivity contribution >= 4 is 5.69 Å². The van der Waals surface area contributed by atoms with Gasteiger partial charge in [-0.2, -0.15) is 5.10 Å². The minimum absolute atomic E-state index is 0.623. The maximum Gasteiger partial charge on any atom is 0.134 e. The van der Waals surface area contributed by atoms with Gasteiger partial charge in [-0.3, -0.25) is 4.98 Å². The lowest BCUT2D eigenvalue weighted by atomic mass is 10.2. The van der Waals surface area contributed by atoms with Crippen molar-refractivity contribution in [2.75, 3.05) is 5.73 Å². The average Bonchev–Trinajstić information content (AvgIpc) is 2.83. The number of anilines is 1. The molecule has 2 heterocycles. The summed E-state index contributed by atoms with van der Waals surface area (Å²) < 4.78 is 1.76. The molecular formula is C14H12N4. The number of aromatic nitrogens is 3. The Hall–Kier alpha value is -2.62. The zero-order valence-corrected chi connectivity index (χ0v) is 9.69. The number of hydrogen-bond donors (Lipinski definition) is 1. The predicted octanol–water partition coefficient (Wildman–Crippen LogP) is 2.52. The molecule has 0 spiro atoms. The normalized spacial score (nSPS) is 10.4. The standard InChI is InChI=1S/C14H12N4/c15-12-10-18(11-6-2-1-3-7-11)17-14(12)13-8-4-5-9-16-13/h1-10H,15H2. The van der Waals surface area contributed by atoms with Crippen LogP contribution in [0.4, 0.5) is 5.69 Å². The maximum absolute atomic E-state index is 5.99. The summed E-state index contributed by atoms with van der Waals surface area (Å²) in [6.45, 7) is 0. The Bertz CT molecular complexity index is 644. The van der Waals surface area contributed by atoms with Crippen molar-refractivity contribution in [3.8, 4) is 17.1 Å². The Morgan fingerprint density at radius 3 is 2.44 bits per heavy atom. The molecule has 4 nitrogen and oxygen atoms in total. The third kappa shape index (κ3) is 1.84. The van der Waals surface area contributed by atoms with E-state index in [1.54, 1.807) is 17.1 Å². The van der Waals surface area contributed by atoms with E-state index in [0.717, 1.165) is 11.4 Å². The van der Waals surface area contributed by atoms with Crippen LogP contribution in [-0.4, -0.2) is 14.8 Å². The number of pyridine rings is 1.